The molecule has 2 aromatic carbocycles. The second kappa shape index (κ2) is 11.0. The monoisotopic (exact) mass is 589 g/mol. The number of fused-ring (bicyclic) bond motifs is 6. The van der Waals surface area contributed by atoms with Crippen LogP contribution in [0.5, 0.6) is 5.88 Å². The Bertz CT molecular complexity index is 1600. The van der Waals surface area contributed by atoms with Gasteiger partial charge < -0.3 is 10.1 Å². The number of hydrogen-bond donors (Lipinski definition) is 2. The van der Waals surface area contributed by atoms with Crippen molar-refractivity contribution in [1.29, 1.82) is 0 Å². The molecular formula is C32H39N5O4S. The minimum atomic E-state index is -4.08. The number of ether oxygens (including phenoxy) is 1. The summed E-state index contributed by atoms with van der Waals surface area (Å²) < 4.78 is 35.8. The van der Waals surface area contributed by atoms with Gasteiger partial charge in [0.15, 0.2) is 0 Å². The van der Waals surface area contributed by atoms with Gasteiger partial charge in [-0.25, -0.2) is 18.1 Å². The molecule has 6 bridgehead atoms. The molecule has 3 aliphatic rings. The second-order valence-electron chi connectivity index (χ2n) is 12.7. The number of aryl methyl sites for hydroxylation is 2. The minimum absolute atomic E-state index is 0.0405. The van der Waals surface area contributed by atoms with Gasteiger partial charge in [-0.2, -0.15) is 4.98 Å². The summed E-state index contributed by atoms with van der Waals surface area (Å²) in [4.78, 5) is 24.8. The van der Waals surface area contributed by atoms with Crippen LogP contribution in [0.3, 0.4) is 0 Å². The van der Waals surface area contributed by atoms with Crippen molar-refractivity contribution in [2.24, 2.45) is 11.3 Å². The van der Waals surface area contributed by atoms with E-state index in [0.717, 1.165) is 35.6 Å². The summed E-state index contributed by atoms with van der Waals surface area (Å²) in [6.45, 7) is 11.0. The van der Waals surface area contributed by atoms with Crippen molar-refractivity contribution in [2.75, 3.05) is 24.4 Å². The minimum Gasteiger partial charge on any atom is -0.473 e. The molecule has 3 aromatic rings. The standard InChI is InChI=1S/C32H39N5O4S/c1-20-7-5-8-21(2)29(20)27-17-28-35-31(34-27)36-42(39,40)26-10-6-9-22(15-26)30(38)33-24-16-25(41-28)19-37(18-24)14-13-32(3,4)23-11-12-23/h5-10,15,17,23-25H,11-14,16,18-19H2,1-4H3,(H,33,38)(H,34,35,36). The lowest BCUT2D eigenvalue weighted by Crippen LogP contribution is -2.54. The van der Waals surface area contributed by atoms with Crippen molar-refractivity contribution in [3.8, 4) is 17.1 Å². The first kappa shape index (κ1) is 28.6. The molecule has 2 N–H and O–H groups in total. The highest BCUT2D eigenvalue weighted by molar-refractivity contribution is 7.92. The molecule has 10 heteroatoms. The zero-order chi connectivity index (χ0) is 29.6. The van der Waals surface area contributed by atoms with E-state index in [9.17, 15) is 13.2 Å². The van der Waals surface area contributed by atoms with E-state index in [1.165, 1.54) is 25.0 Å². The van der Waals surface area contributed by atoms with Crippen LogP contribution in [0.4, 0.5) is 5.95 Å². The molecule has 9 nitrogen and oxygen atoms in total. The number of amides is 1. The first-order valence-corrected chi connectivity index (χ1v) is 16.2. The maximum atomic E-state index is 13.4. The number of carbonyl (C=O) groups excluding carboxylic acids is 1. The molecule has 1 aromatic heterocycles. The second-order valence-corrected chi connectivity index (χ2v) is 14.4. The van der Waals surface area contributed by atoms with Crippen LogP contribution in [0.1, 0.15) is 61.0 Å². The first-order valence-electron chi connectivity index (χ1n) is 14.8. The van der Waals surface area contributed by atoms with E-state index < -0.39 is 10.0 Å². The lowest BCUT2D eigenvalue weighted by Gasteiger charge is -2.39. The SMILES string of the molecule is Cc1cccc(C)c1-c1cc2nc(n1)NS(=O)(=O)c1cccc(c1)C(=O)NC1CC(CN(CCC(C)(C)C3CC3)C1)O2. The average molecular weight is 590 g/mol. The molecule has 222 valence electrons. The molecule has 1 amide bonds. The summed E-state index contributed by atoms with van der Waals surface area (Å²) in [6, 6.07) is 13.7. The molecule has 2 fully saturated rings. The number of anilines is 1. The van der Waals surface area contributed by atoms with Gasteiger partial charge in [0, 0.05) is 42.7 Å². The summed E-state index contributed by atoms with van der Waals surface area (Å²) in [5.74, 6) is 0.697. The fourth-order valence-electron chi connectivity index (χ4n) is 6.33. The van der Waals surface area contributed by atoms with E-state index in [1.54, 1.807) is 18.2 Å². The third kappa shape index (κ3) is 6.15. The zero-order valence-electron chi connectivity index (χ0n) is 24.7. The Labute approximate surface area is 248 Å². The summed E-state index contributed by atoms with van der Waals surface area (Å²) >= 11 is 0. The number of carbonyl (C=O) groups is 1. The Morgan fingerprint density at radius 2 is 1.76 bits per heavy atom. The molecule has 6 rings (SSSR count). The lowest BCUT2D eigenvalue weighted by atomic mass is 9.83. The Morgan fingerprint density at radius 3 is 2.50 bits per heavy atom. The van der Waals surface area contributed by atoms with Gasteiger partial charge in [-0.3, -0.25) is 9.69 Å². The van der Waals surface area contributed by atoms with Crippen LogP contribution < -0.4 is 14.8 Å². The summed E-state index contributed by atoms with van der Waals surface area (Å²) in [6.07, 6.45) is 4.03. The van der Waals surface area contributed by atoms with E-state index in [2.05, 4.69) is 38.8 Å². The van der Waals surface area contributed by atoms with Crippen molar-refractivity contribution in [3.63, 3.8) is 0 Å². The third-order valence-corrected chi connectivity index (χ3v) is 10.3. The van der Waals surface area contributed by atoms with Crippen LogP contribution in [0, 0.1) is 25.2 Å². The zero-order valence-corrected chi connectivity index (χ0v) is 25.5. The maximum Gasteiger partial charge on any atom is 0.264 e. The molecule has 0 radical (unpaired) electrons. The lowest BCUT2D eigenvalue weighted by molar-refractivity contribution is 0.0534. The summed E-state index contributed by atoms with van der Waals surface area (Å²) in [5, 5.41) is 3.15. The molecule has 0 spiro atoms. The van der Waals surface area contributed by atoms with Crippen LogP contribution in [0.25, 0.3) is 11.3 Å². The van der Waals surface area contributed by atoms with Crippen LogP contribution in [0.15, 0.2) is 53.4 Å². The molecule has 1 saturated carbocycles. The quantitative estimate of drug-likeness (QED) is 0.433. The number of likely N-dealkylation sites (tertiary alicyclic amines) is 1. The topological polar surface area (TPSA) is 114 Å². The van der Waals surface area contributed by atoms with Gasteiger partial charge in [-0.1, -0.05) is 38.1 Å². The van der Waals surface area contributed by atoms with E-state index in [-0.39, 0.29) is 39.9 Å². The molecular weight excluding hydrogens is 550 g/mol. The Balaban J connectivity index is 1.39. The van der Waals surface area contributed by atoms with E-state index in [4.69, 9.17) is 4.74 Å². The van der Waals surface area contributed by atoms with Crippen LogP contribution >= 0.6 is 0 Å². The van der Waals surface area contributed by atoms with Gasteiger partial charge in [-0.15, -0.1) is 0 Å². The molecule has 2 atom stereocenters. The van der Waals surface area contributed by atoms with Crippen LogP contribution in [0.2, 0.25) is 0 Å². The number of aromatic nitrogens is 2. The normalized spacial score (nSPS) is 22.3. The number of nitrogens with zero attached hydrogens (tertiary/aromatic N) is 3. The largest absolute Gasteiger partial charge is 0.473 e. The van der Waals surface area contributed by atoms with Crippen molar-refractivity contribution in [3.05, 3.63) is 65.2 Å². The van der Waals surface area contributed by atoms with E-state index >= 15 is 0 Å². The van der Waals surface area contributed by atoms with Crippen LogP contribution in [-0.4, -0.2) is 61.0 Å². The fourth-order valence-corrected chi connectivity index (χ4v) is 7.32. The number of piperidine rings is 1. The van der Waals surface area contributed by atoms with E-state index in [0.29, 0.717) is 31.1 Å². The number of sulfonamides is 1. The number of nitrogens with one attached hydrogen (secondary N) is 2. The fraction of sp³-hybridized carbons (Fsp3) is 0.469. The predicted octanol–water partition coefficient (Wildman–Crippen LogP) is 4.95. The first-order chi connectivity index (χ1) is 20.0. The van der Waals surface area contributed by atoms with Gasteiger partial charge in [-0.05, 0) is 80.3 Å². The maximum absolute atomic E-state index is 13.4. The Morgan fingerprint density at radius 1 is 1.02 bits per heavy atom. The van der Waals surface area contributed by atoms with Gasteiger partial charge in [0.05, 0.1) is 10.6 Å². The summed E-state index contributed by atoms with van der Waals surface area (Å²) in [5.41, 5.74) is 4.08. The number of benzene rings is 2. The third-order valence-electron chi connectivity index (χ3n) is 8.94. The Hall–Kier alpha value is -3.50. The molecule has 1 saturated heterocycles. The molecule has 2 aliphatic heterocycles. The molecule has 42 heavy (non-hydrogen) atoms. The number of rotatable bonds is 5. The van der Waals surface area contributed by atoms with Crippen LogP contribution in [-0.2, 0) is 10.0 Å². The average Bonchev–Trinajstić information content (AvgIpc) is 3.78. The highest BCUT2D eigenvalue weighted by atomic mass is 32.2. The van der Waals surface area contributed by atoms with Crippen molar-refractivity contribution in [1.82, 2.24) is 20.2 Å². The number of hydrogen-bond acceptors (Lipinski definition) is 7. The highest BCUT2D eigenvalue weighted by Crippen LogP contribution is 2.47. The smallest absolute Gasteiger partial charge is 0.264 e. The summed E-state index contributed by atoms with van der Waals surface area (Å²) in [7, 11) is -4.08. The van der Waals surface area contributed by atoms with Crippen molar-refractivity contribution >= 4 is 21.9 Å². The molecule has 2 unspecified atom stereocenters. The highest BCUT2D eigenvalue weighted by Gasteiger charge is 2.38. The predicted molar refractivity (Wildman–Crippen MR) is 162 cm³/mol. The van der Waals surface area contributed by atoms with E-state index in [1.807, 2.05) is 32.0 Å². The van der Waals surface area contributed by atoms with Gasteiger partial charge in [0.2, 0.25) is 11.8 Å². The van der Waals surface area contributed by atoms with Gasteiger partial charge >= 0.3 is 0 Å². The molecule has 1 aliphatic carbocycles. The van der Waals surface area contributed by atoms with Crippen molar-refractivity contribution in [2.45, 2.75) is 70.4 Å². The van der Waals surface area contributed by atoms with Gasteiger partial charge in [0.25, 0.3) is 15.9 Å². The Kier molecular flexibility index (Phi) is 7.47. The van der Waals surface area contributed by atoms with Gasteiger partial charge in [0.1, 0.15) is 6.10 Å². The molecule has 3 heterocycles. The van der Waals surface area contributed by atoms with Crippen molar-refractivity contribution < 1.29 is 17.9 Å².